The van der Waals surface area contributed by atoms with Crippen molar-refractivity contribution >= 4 is 23.6 Å². The molecule has 0 radical (unpaired) electrons. The number of piperidine rings is 1. The number of ether oxygens (including phenoxy) is 1. The van der Waals surface area contributed by atoms with Gasteiger partial charge in [0, 0.05) is 45.0 Å². The van der Waals surface area contributed by atoms with E-state index in [1.165, 1.54) is 5.56 Å². The second-order valence-electron chi connectivity index (χ2n) is 11.7. The number of likely N-dealkylation sites (tertiary alicyclic amines) is 1. The first-order valence-corrected chi connectivity index (χ1v) is 13.7. The van der Waals surface area contributed by atoms with Gasteiger partial charge in [-0.2, -0.15) is 0 Å². The molecule has 2 aliphatic heterocycles. The number of rotatable bonds is 4. The standard InChI is InChI=1S/C28H42N4O5/c1-28(2,3)20-7-9-21(10-8-20)30-15-17-31(18-16-30)26(34)23-12-11-22(19-24(23)25(33)29-36)37-27(35)32-13-5-4-6-14-32/h7-10,22-24,36H,4-6,11-19H2,1-3H3,(H,29,33)/t22-,23-,24-/m0/s1. The largest absolute Gasteiger partial charge is 0.446 e. The van der Waals surface area contributed by atoms with Crippen molar-refractivity contribution in [3.05, 3.63) is 29.8 Å². The molecular formula is C28H42N4O5. The van der Waals surface area contributed by atoms with Gasteiger partial charge in [-0.05, 0) is 61.6 Å². The molecular weight excluding hydrogens is 472 g/mol. The highest BCUT2D eigenvalue weighted by molar-refractivity contribution is 5.87. The molecule has 0 bridgehead atoms. The van der Waals surface area contributed by atoms with Gasteiger partial charge in [-0.1, -0.05) is 32.9 Å². The van der Waals surface area contributed by atoms with Gasteiger partial charge in [-0.25, -0.2) is 10.3 Å². The van der Waals surface area contributed by atoms with Gasteiger partial charge in [-0.15, -0.1) is 0 Å². The quantitative estimate of drug-likeness (QED) is 0.471. The van der Waals surface area contributed by atoms with E-state index >= 15 is 0 Å². The Bertz CT molecular complexity index is 946. The van der Waals surface area contributed by atoms with Crippen LogP contribution < -0.4 is 10.4 Å². The third-order valence-corrected chi connectivity index (χ3v) is 8.14. The molecule has 1 aromatic rings. The van der Waals surface area contributed by atoms with Gasteiger partial charge in [0.25, 0.3) is 0 Å². The highest BCUT2D eigenvalue weighted by atomic mass is 16.6. The summed E-state index contributed by atoms with van der Waals surface area (Å²) in [6, 6.07) is 8.63. The number of anilines is 1. The minimum absolute atomic E-state index is 0.0582. The summed E-state index contributed by atoms with van der Waals surface area (Å²) in [5, 5.41) is 9.35. The van der Waals surface area contributed by atoms with Crippen LogP contribution >= 0.6 is 0 Å². The van der Waals surface area contributed by atoms with Gasteiger partial charge in [-0.3, -0.25) is 14.8 Å². The molecule has 3 amide bonds. The zero-order chi connectivity index (χ0) is 26.6. The highest BCUT2D eigenvalue weighted by Crippen LogP contribution is 2.34. The van der Waals surface area contributed by atoms with Crippen molar-refractivity contribution in [3.63, 3.8) is 0 Å². The summed E-state index contributed by atoms with van der Waals surface area (Å²) in [5.74, 6) is -1.91. The van der Waals surface area contributed by atoms with E-state index in [-0.39, 0.29) is 23.8 Å². The average Bonchev–Trinajstić information content (AvgIpc) is 2.92. The third-order valence-electron chi connectivity index (χ3n) is 8.14. The zero-order valence-corrected chi connectivity index (χ0v) is 22.4. The second-order valence-corrected chi connectivity index (χ2v) is 11.7. The fourth-order valence-electron chi connectivity index (χ4n) is 5.79. The van der Waals surface area contributed by atoms with Crippen LogP contribution in [-0.2, 0) is 19.7 Å². The first-order chi connectivity index (χ1) is 17.7. The maximum absolute atomic E-state index is 13.5. The van der Waals surface area contributed by atoms with Crippen molar-refractivity contribution in [1.29, 1.82) is 0 Å². The van der Waals surface area contributed by atoms with E-state index in [4.69, 9.17) is 4.74 Å². The molecule has 204 valence electrons. The Morgan fingerprint density at radius 1 is 0.865 bits per heavy atom. The van der Waals surface area contributed by atoms with E-state index in [0.29, 0.717) is 39.0 Å². The van der Waals surface area contributed by atoms with Crippen LogP contribution in [0.4, 0.5) is 10.5 Å². The number of hydroxylamine groups is 1. The third kappa shape index (κ3) is 6.55. The van der Waals surface area contributed by atoms with E-state index in [1.807, 2.05) is 4.90 Å². The lowest BCUT2D eigenvalue weighted by Gasteiger charge is -2.41. The first kappa shape index (κ1) is 27.2. The number of amides is 3. The number of piperazine rings is 1. The Morgan fingerprint density at radius 2 is 1.51 bits per heavy atom. The fraction of sp³-hybridized carbons (Fsp3) is 0.679. The molecule has 4 rings (SSSR count). The Kier molecular flexibility index (Phi) is 8.62. The molecule has 2 heterocycles. The average molecular weight is 515 g/mol. The number of carbonyl (C=O) groups is 3. The Hall–Kier alpha value is -2.81. The van der Waals surface area contributed by atoms with E-state index in [2.05, 4.69) is 49.9 Å². The predicted molar refractivity (Wildman–Crippen MR) is 140 cm³/mol. The molecule has 9 heteroatoms. The summed E-state index contributed by atoms with van der Waals surface area (Å²) < 4.78 is 5.72. The SMILES string of the molecule is CC(C)(C)c1ccc(N2CCN(C(=O)[C@H]3CC[C@H](OC(=O)N4CCCCC4)C[C@@H]3C(=O)NO)CC2)cc1. The lowest BCUT2D eigenvalue weighted by atomic mass is 9.76. The van der Waals surface area contributed by atoms with Crippen LogP contribution in [0.5, 0.6) is 0 Å². The van der Waals surface area contributed by atoms with E-state index in [1.54, 1.807) is 10.4 Å². The molecule has 37 heavy (non-hydrogen) atoms. The molecule has 0 spiro atoms. The van der Waals surface area contributed by atoms with Gasteiger partial charge >= 0.3 is 6.09 Å². The maximum atomic E-state index is 13.5. The Labute approximate surface area is 220 Å². The summed E-state index contributed by atoms with van der Waals surface area (Å²) in [6.07, 6.45) is 3.51. The van der Waals surface area contributed by atoms with Gasteiger partial charge in [0.2, 0.25) is 11.8 Å². The van der Waals surface area contributed by atoms with E-state index in [9.17, 15) is 19.6 Å². The van der Waals surface area contributed by atoms with Gasteiger partial charge in [0.15, 0.2) is 0 Å². The predicted octanol–water partition coefficient (Wildman–Crippen LogP) is 3.55. The molecule has 0 unspecified atom stereocenters. The molecule has 0 aromatic heterocycles. The topological polar surface area (TPSA) is 102 Å². The number of carbonyl (C=O) groups excluding carboxylic acids is 3. The van der Waals surface area contributed by atoms with Crippen LogP contribution in [0.1, 0.15) is 64.9 Å². The number of nitrogens with zero attached hydrogens (tertiary/aromatic N) is 3. The van der Waals surface area contributed by atoms with Crippen molar-refractivity contribution in [2.24, 2.45) is 11.8 Å². The summed E-state index contributed by atoms with van der Waals surface area (Å²) in [5.41, 5.74) is 4.27. The number of benzene rings is 1. The minimum Gasteiger partial charge on any atom is -0.446 e. The van der Waals surface area contributed by atoms with Crippen molar-refractivity contribution in [1.82, 2.24) is 15.3 Å². The molecule has 1 aliphatic carbocycles. The van der Waals surface area contributed by atoms with Crippen molar-refractivity contribution in [2.45, 2.75) is 70.8 Å². The first-order valence-electron chi connectivity index (χ1n) is 13.7. The molecule has 2 N–H and O–H groups in total. The summed E-state index contributed by atoms with van der Waals surface area (Å²) in [7, 11) is 0. The smallest absolute Gasteiger partial charge is 0.410 e. The number of nitrogens with one attached hydrogen (secondary N) is 1. The van der Waals surface area contributed by atoms with E-state index < -0.39 is 23.8 Å². The van der Waals surface area contributed by atoms with E-state index in [0.717, 1.165) is 38.0 Å². The normalized spacial score (nSPS) is 25.0. The van der Waals surface area contributed by atoms with Crippen molar-refractivity contribution < 1.29 is 24.3 Å². The Morgan fingerprint density at radius 3 is 2.11 bits per heavy atom. The molecule has 1 saturated carbocycles. The summed E-state index contributed by atoms with van der Waals surface area (Å²) in [6.45, 7) is 10.6. The zero-order valence-electron chi connectivity index (χ0n) is 22.4. The van der Waals surface area contributed by atoms with Crippen LogP contribution in [-0.4, -0.2) is 78.3 Å². The van der Waals surface area contributed by atoms with Gasteiger partial charge < -0.3 is 19.4 Å². The minimum atomic E-state index is -0.728. The number of hydrogen-bond acceptors (Lipinski definition) is 6. The fourth-order valence-corrected chi connectivity index (χ4v) is 5.79. The molecule has 2 saturated heterocycles. The molecule has 3 fully saturated rings. The number of hydrogen-bond donors (Lipinski definition) is 2. The Balaban J connectivity index is 1.33. The molecule has 1 aromatic carbocycles. The monoisotopic (exact) mass is 514 g/mol. The maximum Gasteiger partial charge on any atom is 0.410 e. The van der Waals surface area contributed by atoms with Crippen molar-refractivity contribution in [3.8, 4) is 0 Å². The molecule has 3 aliphatic rings. The molecule has 9 nitrogen and oxygen atoms in total. The highest BCUT2D eigenvalue weighted by Gasteiger charge is 2.43. The summed E-state index contributed by atoms with van der Waals surface area (Å²) >= 11 is 0. The second kappa shape index (κ2) is 11.7. The lowest BCUT2D eigenvalue weighted by Crippen LogP contribution is -2.53. The molecule has 3 atom stereocenters. The van der Waals surface area contributed by atoms with Gasteiger partial charge in [0.05, 0.1) is 11.8 Å². The van der Waals surface area contributed by atoms with Crippen molar-refractivity contribution in [2.75, 3.05) is 44.2 Å². The summed E-state index contributed by atoms with van der Waals surface area (Å²) in [4.78, 5) is 44.4. The van der Waals surface area contributed by atoms with Crippen LogP contribution in [0.3, 0.4) is 0 Å². The van der Waals surface area contributed by atoms with Crippen LogP contribution in [0, 0.1) is 11.8 Å². The van der Waals surface area contributed by atoms with Gasteiger partial charge in [0.1, 0.15) is 6.10 Å². The van der Waals surface area contributed by atoms with Crippen LogP contribution in [0.2, 0.25) is 0 Å². The van der Waals surface area contributed by atoms with Crippen LogP contribution in [0.25, 0.3) is 0 Å². The lowest BCUT2D eigenvalue weighted by molar-refractivity contribution is -0.149. The van der Waals surface area contributed by atoms with Crippen LogP contribution in [0.15, 0.2) is 24.3 Å².